The maximum absolute atomic E-state index is 9.79. The Hall–Kier alpha value is -2.84. The van der Waals surface area contributed by atoms with Gasteiger partial charge in [0.15, 0.2) is 5.75 Å². The zero-order valence-electron chi connectivity index (χ0n) is 20.6. The summed E-state index contributed by atoms with van der Waals surface area (Å²) in [6.45, 7) is 5.45. The fourth-order valence-electron chi connectivity index (χ4n) is 3.93. The van der Waals surface area contributed by atoms with Crippen LogP contribution in [-0.4, -0.2) is 52.9 Å². The zero-order valence-corrected chi connectivity index (χ0v) is 20.6. The SMILES string of the molecule is N#Cc1c2ccc3ccc-2c(C#N)c1OCCCCOCCCCOCCCCOCCCCO3. The molecule has 0 aromatic rings. The molecule has 7 nitrogen and oxygen atoms in total. The maximum atomic E-state index is 9.79. The molecule has 2 heterocycles. The van der Waals surface area contributed by atoms with Crippen molar-refractivity contribution in [1.29, 1.82) is 10.5 Å². The molecule has 0 N–H and O–H groups in total. The topological polar surface area (TPSA) is 93.7 Å². The summed E-state index contributed by atoms with van der Waals surface area (Å²) >= 11 is 0. The Morgan fingerprint density at radius 1 is 0.486 bits per heavy atom. The second-order valence-corrected chi connectivity index (χ2v) is 8.56. The summed E-state index contributed by atoms with van der Waals surface area (Å²) in [5, 5.41) is 19.6. The fraction of sp³-hybridized carbons (Fsp3) is 0.571. The van der Waals surface area contributed by atoms with E-state index in [0.717, 1.165) is 84.4 Å². The third kappa shape index (κ3) is 8.71. The van der Waals surface area contributed by atoms with E-state index >= 15 is 0 Å². The summed E-state index contributed by atoms with van der Waals surface area (Å²) in [5.41, 5.74) is 2.19. The molecular formula is C28H36N2O5. The van der Waals surface area contributed by atoms with E-state index in [1.54, 1.807) is 0 Å². The van der Waals surface area contributed by atoms with E-state index in [4.69, 9.17) is 23.7 Å². The molecule has 0 unspecified atom stereocenters. The number of nitrogens with zero attached hydrogens (tertiary/aromatic N) is 2. The summed E-state index contributed by atoms with van der Waals surface area (Å²) < 4.78 is 28.9. The first-order chi connectivity index (χ1) is 17.3. The van der Waals surface area contributed by atoms with Crippen molar-refractivity contribution in [3.05, 3.63) is 35.4 Å². The van der Waals surface area contributed by atoms with E-state index in [1.165, 1.54) is 0 Å². The van der Waals surface area contributed by atoms with E-state index < -0.39 is 0 Å². The molecular weight excluding hydrogens is 444 g/mol. The van der Waals surface area contributed by atoms with E-state index in [1.807, 2.05) is 24.3 Å². The third-order valence-electron chi connectivity index (χ3n) is 5.87. The quantitative estimate of drug-likeness (QED) is 0.493. The van der Waals surface area contributed by atoms with Crippen LogP contribution in [0.2, 0.25) is 0 Å². The molecule has 0 saturated heterocycles. The normalized spacial score (nSPS) is 18.2. The maximum Gasteiger partial charge on any atom is 0.156 e. The second kappa shape index (κ2) is 15.9. The number of rotatable bonds is 0. The highest BCUT2D eigenvalue weighted by Crippen LogP contribution is 2.41. The average molecular weight is 481 g/mol. The van der Waals surface area contributed by atoms with Gasteiger partial charge in [-0.1, -0.05) is 0 Å². The minimum Gasteiger partial charge on any atom is -0.494 e. The first-order valence-electron chi connectivity index (χ1n) is 12.7. The van der Waals surface area contributed by atoms with Gasteiger partial charge in [-0.05, 0) is 75.6 Å². The van der Waals surface area contributed by atoms with Crippen LogP contribution in [0.4, 0.5) is 0 Å². The summed E-state index contributed by atoms with van der Waals surface area (Å²) in [7, 11) is 0. The van der Waals surface area contributed by atoms with Crippen molar-refractivity contribution in [2.45, 2.75) is 51.4 Å². The molecule has 4 aliphatic rings. The number of fused-ring (bicyclic) bond motifs is 22. The number of ether oxygens (including phenoxy) is 5. The van der Waals surface area contributed by atoms with Gasteiger partial charge >= 0.3 is 0 Å². The van der Waals surface area contributed by atoms with Crippen LogP contribution in [0.1, 0.15) is 62.5 Å². The molecule has 0 fully saturated rings. The molecule has 0 aromatic heterocycles. The number of hydrogen-bond donors (Lipinski definition) is 0. The Labute approximate surface area is 208 Å². The van der Waals surface area contributed by atoms with Crippen LogP contribution in [0.5, 0.6) is 11.5 Å². The highest BCUT2D eigenvalue weighted by Gasteiger charge is 2.24. The minimum atomic E-state index is 0.372. The van der Waals surface area contributed by atoms with Gasteiger partial charge in [0.1, 0.15) is 29.0 Å². The smallest absolute Gasteiger partial charge is 0.156 e. The van der Waals surface area contributed by atoms with E-state index in [2.05, 4.69) is 12.1 Å². The predicted molar refractivity (Wildman–Crippen MR) is 133 cm³/mol. The van der Waals surface area contributed by atoms with Crippen LogP contribution in [0.3, 0.4) is 0 Å². The van der Waals surface area contributed by atoms with Crippen molar-refractivity contribution < 1.29 is 23.7 Å². The lowest BCUT2D eigenvalue weighted by molar-refractivity contribution is 0.0879. The summed E-state index contributed by atoms with van der Waals surface area (Å²) in [4.78, 5) is 0. The minimum absolute atomic E-state index is 0.372. The Morgan fingerprint density at radius 3 is 1.26 bits per heavy atom. The largest absolute Gasteiger partial charge is 0.494 e. The molecule has 4 bridgehead atoms. The van der Waals surface area contributed by atoms with Crippen LogP contribution in [0.15, 0.2) is 24.3 Å². The standard InChI is InChI=1S/C28H36N2O5/c29-21-26-24-11-9-23-10-12-25(24)27(22-30)28(26)35-20-8-6-18-33-16-4-2-14-31-13-1-3-15-32-17-5-7-19-34-23/h9-12H,1-8,13-20H2. The Balaban J connectivity index is 1.63. The van der Waals surface area contributed by atoms with Gasteiger partial charge in [-0.25, -0.2) is 0 Å². The number of hydrogen-bond acceptors (Lipinski definition) is 7. The monoisotopic (exact) mass is 480 g/mol. The first kappa shape index (κ1) is 26.8. The molecule has 0 amide bonds. The Kier molecular flexibility index (Phi) is 12.2. The lowest BCUT2D eigenvalue weighted by Gasteiger charge is -2.07. The molecule has 4 rings (SSSR count). The average Bonchev–Trinajstić information content (AvgIpc) is 3.00. The molecule has 7 heteroatoms. The van der Waals surface area contributed by atoms with Gasteiger partial charge in [0, 0.05) is 50.8 Å². The molecule has 2 aliphatic heterocycles. The lowest BCUT2D eigenvalue weighted by Crippen LogP contribution is -2.04. The van der Waals surface area contributed by atoms with Gasteiger partial charge in [-0.3, -0.25) is 0 Å². The molecule has 0 spiro atoms. The molecule has 0 radical (unpaired) electrons. The van der Waals surface area contributed by atoms with E-state index in [0.29, 0.717) is 53.6 Å². The van der Waals surface area contributed by atoms with Crippen molar-refractivity contribution in [3.8, 4) is 34.8 Å². The van der Waals surface area contributed by atoms with Crippen LogP contribution >= 0.6 is 0 Å². The third-order valence-corrected chi connectivity index (χ3v) is 5.87. The molecule has 2 aliphatic carbocycles. The summed E-state index contributed by atoms with van der Waals surface area (Å²) in [5.74, 6) is 1.08. The first-order valence-corrected chi connectivity index (χ1v) is 12.7. The fourth-order valence-corrected chi connectivity index (χ4v) is 3.93. The van der Waals surface area contributed by atoms with Crippen LogP contribution in [-0.2, 0) is 14.2 Å². The summed E-state index contributed by atoms with van der Waals surface area (Å²) in [6.07, 6.45) is 7.49. The summed E-state index contributed by atoms with van der Waals surface area (Å²) in [6, 6.07) is 11.8. The number of nitriles is 2. The van der Waals surface area contributed by atoms with Crippen LogP contribution in [0, 0.1) is 22.7 Å². The highest BCUT2D eigenvalue weighted by molar-refractivity contribution is 5.86. The van der Waals surface area contributed by atoms with E-state index in [-0.39, 0.29) is 0 Å². The van der Waals surface area contributed by atoms with Gasteiger partial charge in [-0.15, -0.1) is 0 Å². The van der Waals surface area contributed by atoms with Crippen molar-refractivity contribution in [2.75, 3.05) is 52.9 Å². The predicted octanol–water partition coefficient (Wildman–Crippen LogP) is 5.48. The molecule has 0 atom stereocenters. The Morgan fingerprint density at radius 2 is 0.857 bits per heavy atom. The molecule has 0 saturated carbocycles. The van der Waals surface area contributed by atoms with Crippen molar-refractivity contribution >= 4 is 0 Å². The van der Waals surface area contributed by atoms with Gasteiger partial charge in [0.25, 0.3) is 0 Å². The van der Waals surface area contributed by atoms with Gasteiger partial charge in [-0.2, -0.15) is 10.5 Å². The van der Waals surface area contributed by atoms with Gasteiger partial charge in [0.2, 0.25) is 0 Å². The van der Waals surface area contributed by atoms with E-state index in [9.17, 15) is 10.5 Å². The van der Waals surface area contributed by atoms with Crippen molar-refractivity contribution in [2.24, 2.45) is 0 Å². The van der Waals surface area contributed by atoms with Crippen molar-refractivity contribution in [3.63, 3.8) is 0 Å². The van der Waals surface area contributed by atoms with Crippen LogP contribution in [0.25, 0.3) is 11.1 Å². The lowest BCUT2D eigenvalue weighted by atomic mass is 10.1. The zero-order chi connectivity index (χ0) is 24.6. The second-order valence-electron chi connectivity index (χ2n) is 8.56. The van der Waals surface area contributed by atoms with Crippen LogP contribution < -0.4 is 9.47 Å². The highest BCUT2D eigenvalue weighted by atomic mass is 16.5. The van der Waals surface area contributed by atoms with Crippen molar-refractivity contribution in [1.82, 2.24) is 0 Å². The Bertz CT molecular complexity index is 898. The van der Waals surface area contributed by atoms with Gasteiger partial charge < -0.3 is 23.7 Å². The van der Waals surface area contributed by atoms with Gasteiger partial charge in [0.05, 0.1) is 13.2 Å². The molecule has 0 aromatic carbocycles. The molecule has 35 heavy (non-hydrogen) atoms. The molecule has 188 valence electrons.